The minimum atomic E-state index is -5.08. The number of hydrogen-bond donors (Lipinski definition) is 6. The van der Waals surface area contributed by atoms with Crippen LogP contribution in [0.25, 0.3) is 11.1 Å². The molecule has 8 N–H and O–H groups in total. The summed E-state index contributed by atoms with van der Waals surface area (Å²) in [6, 6.07) is 13.3. The zero-order valence-electron chi connectivity index (χ0n) is 22.0. The molecule has 4 atom stereocenters. The van der Waals surface area contributed by atoms with Crippen molar-refractivity contribution in [3.63, 3.8) is 0 Å². The number of carboxylic acids is 1. The lowest BCUT2D eigenvalue weighted by Gasteiger charge is -2.26. The highest BCUT2D eigenvalue weighted by Gasteiger charge is 2.38. The van der Waals surface area contributed by atoms with Crippen molar-refractivity contribution in [1.29, 1.82) is 0 Å². The fourth-order valence-electron chi connectivity index (χ4n) is 3.80. The van der Waals surface area contributed by atoms with Crippen molar-refractivity contribution in [1.82, 2.24) is 10.3 Å². The van der Waals surface area contributed by atoms with Gasteiger partial charge in [0.2, 0.25) is 5.89 Å². The Bertz CT molecular complexity index is 1130. The maximum Gasteiger partial charge on any atom is 0.490 e. The first-order valence-corrected chi connectivity index (χ1v) is 12.6. The first kappa shape index (κ1) is 32.2. The van der Waals surface area contributed by atoms with E-state index in [1.807, 2.05) is 44.2 Å². The van der Waals surface area contributed by atoms with Crippen LogP contribution in [0.1, 0.15) is 47.9 Å². The third-order valence-electron chi connectivity index (χ3n) is 6.31. The Morgan fingerprint density at radius 3 is 2.31 bits per heavy atom. The zero-order chi connectivity index (χ0) is 29.2. The van der Waals surface area contributed by atoms with E-state index in [9.17, 15) is 23.4 Å². The van der Waals surface area contributed by atoms with Gasteiger partial charge in [0.05, 0.1) is 6.10 Å². The third kappa shape index (κ3) is 10.2. The number of halogens is 3. The van der Waals surface area contributed by atoms with Crippen LogP contribution in [-0.4, -0.2) is 63.7 Å². The number of alkyl halides is 3. The number of oxazole rings is 1. The van der Waals surface area contributed by atoms with Gasteiger partial charge in [-0.3, -0.25) is 0 Å². The Hall–Kier alpha value is -3.03. The van der Waals surface area contributed by atoms with Crippen LogP contribution in [0, 0.1) is 13.8 Å². The van der Waals surface area contributed by atoms with E-state index in [4.69, 9.17) is 25.8 Å². The molecule has 0 saturated heterocycles. The molecule has 2 unspecified atom stereocenters. The van der Waals surface area contributed by atoms with Crippen molar-refractivity contribution in [3.8, 4) is 0 Å². The minimum Gasteiger partial charge on any atom is -0.475 e. The Morgan fingerprint density at radius 2 is 1.72 bits per heavy atom. The number of nitrogens with one attached hydrogen (secondary N) is 1. The molecule has 0 saturated carbocycles. The van der Waals surface area contributed by atoms with Crippen LogP contribution >= 0.6 is 0 Å². The van der Waals surface area contributed by atoms with Gasteiger partial charge in [-0.05, 0) is 74.9 Å². The van der Waals surface area contributed by atoms with Gasteiger partial charge in [0.1, 0.15) is 11.6 Å². The molecule has 12 heteroatoms. The maximum absolute atomic E-state index is 11.1. The molecular weight excluding hydrogens is 517 g/mol. The summed E-state index contributed by atoms with van der Waals surface area (Å²) >= 11 is 0. The van der Waals surface area contributed by atoms with Gasteiger partial charge in [-0.2, -0.15) is 13.2 Å². The Labute approximate surface area is 225 Å². The summed E-state index contributed by atoms with van der Waals surface area (Å²) in [4.78, 5) is 13.4. The maximum atomic E-state index is 11.1. The van der Waals surface area contributed by atoms with Crippen molar-refractivity contribution >= 4 is 17.1 Å². The van der Waals surface area contributed by atoms with Crippen LogP contribution in [0.3, 0.4) is 0 Å². The molecule has 1 heterocycles. The average Bonchev–Trinajstić information content (AvgIpc) is 3.30. The summed E-state index contributed by atoms with van der Waals surface area (Å²) in [5.74, 6) is -2.48. The number of aliphatic hydroxyl groups is 2. The molecule has 0 amide bonds. The molecule has 9 nitrogen and oxygen atoms in total. The molecule has 0 aliphatic heterocycles. The molecule has 3 rings (SSSR count). The lowest BCUT2D eigenvalue weighted by atomic mass is 10.00. The zero-order valence-corrected chi connectivity index (χ0v) is 22.0. The number of carbonyl (C=O) groups is 1. The van der Waals surface area contributed by atoms with Crippen LogP contribution in [-0.2, 0) is 11.2 Å². The van der Waals surface area contributed by atoms with E-state index in [1.165, 1.54) is 5.56 Å². The van der Waals surface area contributed by atoms with Crippen LogP contribution in [0.2, 0.25) is 0 Å². The van der Waals surface area contributed by atoms with E-state index < -0.39 is 24.4 Å². The predicted molar refractivity (Wildman–Crippen MR) is 141 cm³/mol. The lowest BCUT2D eigenvalue weighted by molar-refractivity contribution is -0.192. The molecule has 0 bridgehead atoms. The Balaban J connectivity index is 0.000000673. The molecule has 0 radical (unpaired) electrons. The summed E-state index contributed by atoms with van der Waals surface area (Å²) in [7, 11) is 0. The first-order chi connectivity index (χ1) is 18.3. The van der Waals surface area contributed by atoms with Gasteiger partial charge >= 0.3 is 12.1 Å². The standard InChI is InChI=1S/C25H36N4O3.C2HF3O2/c1-16-13-21-23(14-17(16)2)32-25(29-21)24(31)20(11-10-18-7-4-3-5-8-18)28-15-22(30)19(27)9-6-12-26;3-2(4,5)1(6)7/h3-5,7-8,13-14,19-20,22,24,28,30-31H,6,9-12,15,26-27H2,1-2H3;(H,6,7)/t19-,20-,22?,24?;/m1./s1. The molecule has 216 valence electrons. The van der Waals surface area contributed by atoms with Gasteiger partial charge in [-0.25, -0.2) is 9.78 Å². The summed E-state index contributed by atoms with van der Waals surface area (Å²) < 4.78 is 37.6. The van der Waals surface area contributed by atoms with Gasteiger partial charge in [0.15, 0.2) is 5.58 Å². The number of rotatable bonds is 12. The number of nitrogens with zero attached hydrogens (tertiary/aromatic N) is 1. The summed E-state index contributed by atoms with van der Waals surface area (Å²) in [5, 5.41) is 32.0. The largest absolute Gasteiger partial charge is 0.490 e. The fraction of sp³-hybridized carbons (Fsp3) is 0.481. The number of nitrogens with two attached hydrogens (primary N) is 2. The number of aliphatic hydroxyl groups excluding tert-OH is 2. The van der Waals surface area contributed by atoms with Crippen LogP contribution in [0.5, 0.6) is 0 Å². The quantitative estimate of drug-likeness (QED) is 0.197. The number of aromatic nitrogens is 1. The topological polar surface area (TPSA) is 168 Å². The molecule has 0 spiro atoms. The Morgan fingerprint density at radius 1 is 1.10 bits per heavy atom. The average molecular weight is 555 g/mol. The van der Waals surface area contributed by atoms with Crippen LogP contribution < -0.4 is 16.8 Å². The minimum absolute atomic E-state index is 0.265. The number of benzene rings is 2. The summed E-state index contributed by atoms with van der Waals surface area (Å²) in [6.07, 6.45) is -3.95. The van der Waals surface area contributed by atoms with E-state index >= 15 is 0 Å². The summed E-state index contributed by atoms with van der Waals surface area (Å²) in [6.45, 7) is 4.86. The van der Waals surface area contributed by atoms with Crippen molar-refractivity contribution < 1.29 is 37.7 Å². The second kappa shape index (κ2) is 14.9. The normalized spacial score (nSPS) is 14.8. The highest BCUT2D eigenvalue weighted by atomic mass is 19.4. The summed E-state index contributed by atoms with van der Waals surface area (Å²) in [5.41, 5.74) is 16.4. The molecule has 2 aromatic carbocycles. The lowest BCUT2D eigenvalue weighted by Crippen LogP contribution is -2.46. The molecular formula is C27H37F3N4O5. The molecule has 3 aromatic rings. The number of hydrogen-bond acceptors (Lipinski definition) is 8. The molecule has 1 aromatic heterocycles. The number of aliphatic carboxylic acids is 1. The first-order valence-electron chi connectivity index (χ1n) is 12.6. The SMILES string of the molecule is Cc1cc2nc(C(O)[C@@H](CCc3ccccc3)NCC(O)[C@H](N)CCCN)oc2cc1C.O=C(O)C(F)(F)F. The smallest absolute Gasteiger partial charge is 0.475 e. The van der Waals surface area contributed by atoms with Gasteiger partial charge in [-0.15, -0.1) is 0 Å². The monoisotopic (exact) mass is 554 g/mol. The van der Waals surface area contributed by atoms with E-state index in [-0.39, 0.29) is 24.5 Å². The molecule has 0 fully saturated rings. The highest BCUT2D eigenvalue weighted by Crippen LogP contribution is 2.26. The molecule has 0 aliphatic carbocycles. The van der Waals surface area contributed by atoms with E-state index in [0.717, 1.165) is 29.5 Å². The van der Waals surface area contributed by atoms with Crippen molar-refractivity contribution in [2.24, 2.45) is 11.5 Å². The van der Waals surface area contributed by atoms with Gasteiger partial charge in [0.25, 0.3) is 0 Å². The van der Waals surface area contributed by atoms with Crippen molar-refractivity contribution in [2.45, 2.75) is 70.0 Å². The third-order valence-corrected chi connectivity index (χ3v) is 6.31. The second-order valence-electron chi connectivity index (χ2n) is 9.41. The van der Waals surface area contributed by atoms with Crippen LogP contribution in [0.15, 0.2) is 46.9 Å². The van der Waals surface area contributed by atoms with E-state index in [0.29, 0.717) is 25.0 Å². The van der Waals surface area contributed by atoms with Crippen molar-refractivity contribution in [2.75, 3.05) is 13.1 Å². The Kier molecular flexibility index (Phi) is 12.3. The van der Waals surface area contributed by atoms with Crippen LogP contribution in [0.4, 0.5) is 13.2 Å². The number of fused-ring (bicyclic) bond motifs is 1. The molecule has 39 heavy (non-hydrogen) atoms. The van der Waals surface area contributed by atoms with Gasteiger partial charge in [0, 0.05) is 18.6 Å². The van der Waals surface area contributed by atoms with E-state index in [2.05, 4.69) is 22.4 Å². The predicted octanol–water partition coefficient (Wildman–Crippen LogP) is 3.13. The highest BCUT2D eigenvalue weighted by molar-refractivity contribution is 5.74. The molecule has 0 aliphatic rings. The van der Waals surface area contributed by atoms with Crippen molar-refractivity contribution in [3.05, 3.63) is 65.0 Å². The second-order valence-corrected chi connectivity index (χ2v) is 9.41. The van der Waals surface area contributed by atoms with E-state index in [1.54, 1.807) is 0 Å². The number of aryl methyl sites for hydroxylation is 3. The van der Waals surface area contributed by atoms with Gasteiger partial charge in [-0.1, -0.05) is 30.3 Å². The van der Waals surface area contributed by atoms with Gasteiger partial charge < -0.3 is 36.5 Å². The number of carboxylic acid groups (broad SMARTS) is 1. The fourth-order valence-corrected chi connectivity index (χ4v) is 3.80.